The highest BCUT2D eigenvalue weighted by molar-refractivity contribution is 5.79. The molecule has 0 aliphatic carbocycles. The second-order valence-corrected chi connectivity index (χ2v) is 7.52. The van der Waals surface area contributed by atoms with Gasteiger partial charge in [0.15, 0.2) is 0 Å². The average Bonchev–Trinajstić information content (AvgIpc) is 2.84. The van der Waals surface area contributed by atoms with Gasteiger partial charge in [0.1, 0.15) is 0 Å². The molecule has 0 bridgehead atoms. The maximum atomic E-state index is 12.7. The first-order valence-electron chi connectivity index (χ1n) is 9.40. The second-order valence-electron chi connectivity index (χ2n) is 7.52. The lowest BCUT2D eigenvalue weighted by molar-refractivity contribution is -0.139. The van der Waals surface area contributed by atoms with Crippen molar-refractivity contribution in [1.29, 1.82) is 0 Å². The van der Waals surface area contributed by atoms with Crippen LogP contribution >= 0.6 is 0 Å². The summed E-state index contributed by atoms with van der Waals surface area (Å²) >= 11 is 0. The van der Waals surface area contributed by atoms with E-state index in [4.69, 9.17) is 5.11 Å². The van der Waals surface area contributed by atoms with Gasteiger partial charge >= 0.3 is 11.7 Å². The van der Waals surface area contributed by atoms with E-state index in [1.165, 1.54) is 0 Å². The molecule has 0 spiro atoms. The Bertz CT molecular complexity index is 881. The zero-order valence-electron chi connectivity index (χ0n) is 16.5. The number of aromatic nitrogens is 2. The quantitative estimate of drug-likeness (QED) is 0.704. The molecule has 7 heteroatoms. The molecule has 0 aliphatic heterocycles. The molecule has 1 atom stereocenters. The fraction of sp³-hybridized carbons (Fsp3) is 0.550. The Morgan fingerprint density at radius 3 is 2.19 bits per heavy atom. The number of rotatable bonds is 9. The topological polar surface area (TPSA) is 93.3 Å². The van der Waals surface area contributed by atoms with E-state index in [9.17, 15) is 14.4 Å². The molecule has 1 unspecified atom stereocenters. The molecule has 0 saturated carbocycles. The largest absolute Gasteiger partial charge is 0.481 e. The van der Waals surface area contributed by atoms with Crippen molar-refractivity contribution in [3.8, 4) is 0 Å². The summed E-state index contributed by atoms with van der Waals surface area (Å²) < 4.78 is 3.35. The summed E-state index contributed by atoms with van der Waals surface area (Å²) in [5.74, 6) is -1.25. The van der Waals surface area contributed by atoms with Crippen LogP contribution < -0.4 is 11.0 Å². The highest BCUT2D eigenvalue weighted by Crippen LogP contribution is 2.21. The number of carboxylic acids is 1. The van der Waals surface area contributed by atoms with Crippen LogP contribution in [0.3, 0.4) is 0 Å². The molecule has 2 aromatic rings. The number of carboxylic acid groups (broad SMARTS) is 1. The lowest BCUT2D eigenvalue weighted by atomic mass is 9.85. The van der Waals surface area contributed by atoms with Crippen molar-refractivity contribution < 1.29 is 14.7 Å². The number of carbonyl (C=O) groups excluding carboxylic acids is 1. The van der Waals surface area contributed by atoms with Gasteiger partial charge in [0, 0.05) is 25.0 Å². The monoisotopic (exact) mass is 375 g/mol. The summed E-state index contributed by atoms with van der Waals surface area (Å²) in [5, 5.41) is 12.0. The minimum absolute atomic E-state index is 0.0354. The third-order valence-corrected chi connectivity index (χ3v) is 5.15. The molecule has 1 heterocycles. The molecule has 0 fully saturated rings. The summed E-state index contributed by atoms with van der Waals surface area (Å²) in [5.41, 5.74) is 0.718. The van der Waals surface area contributed by atoms with Crippen LogP contribution in [0.1, 0.15) is 47.0 Å². The molecule has 0 saturated heterocycles. The molecule has 2 rings (SSSR count). The molecule has 0 radical (unpaired) electrons. The van der Waals surface area contributed by atoms with E-state index < -0.39 is 11.5 Å². The van der Waals surface area contributed by atoms with Crippen LogP contribution in [0.15, 0.2) is 29.1 Å². The fourth-order valence-electron chi connectivity index (χ4n) is 3.23. The Balaban J connectivity index is 2.19. The lowest BCUT2D eigenvalue weighted by Crippen LogP contribution is -2.51. The van der Waals surface area contributed by atoms with Gasteiger partial charge in [0.05, 0.1) is 17.5 Å². The Morgan fingerprint density at radius 2 is 1.70 bits per heavy atom. The highest BCUT2D eigenvalue weighted by atomic mass is 16.4. The zero-order valence-corrected chi connectivity index (χ0v) is 16.5. The number of hydrogen-bond acceptors (Lipinski definition) is 3. The minimum atomic E-state index is -0.953. The van der Waals surface area contributed by atoms with Crippen LogP contribution in [0.2, 0.25) is 0 Å². The van der Waals surface area contributed by atoms with Crippen molar-refractivity contribution >= 4 is 22.9 Å². The number of fused-ring (bicyclic) bond motifs is 1. The normalized spacial score (nSPS) is 13.7. The molecule has 148 valence electrons. The van der Waals surface area contributed by atoms with Crippen LogP contribution in [-0.2, 0) is 22.7 Å². The number of hydrogen-bond donors (Lipinski definition) is 2. The van der Waals surface area contributed by atoms with E-state index >= 15 is 0 Å². The molecular formula is C20H29N3O4. The van der Waals surface area contributed by atoms with Crippen molar-refractivity contribution in [2.45, 2.75) is 65.6 Å². The summed E-state index contributed by atoms with van der Waals surface area (Å²) in [6, 6.07) is 7.55. The van der Waals surface area contributed by atoms with Gasteiger partial charge < -0.3 is 10.4 Å². The minimum Gasteiger partial charge on any atom is -0.481 e. The molecule has 1 amide bonds. The van der Waals surface area contributed by atoms with Crippen molar-refractivity contribution in [2.75, 3.05) is 0 Å². The first-order valence-corrected chi connectivity index (χ1v) is 9.40. The SMILES string of the molecule is CCCn1c(=O)n(CCC(=O)NC(C)(CC(=O)O)C(C)C)c2ccccc21. The van der Waals surface area contributed by atoms with E-state index in [0.29, 0.717) is 6.54 Å². The van der Waals surface area contributed by atoms with Gasteiger partial charge in [0.25, 0.3) is 0 Å². The third-order valence-electron chi connectivity index (χ3n) is 5.15. The number of aliphatic carboxylic acids is 1. The number of nitrogens with one attached hydrogen (secondary N) is 1. The molecule has 7 nitrogen and oxygen atoms in total. The third kappa shape index (κ3) is 4.59. The maximum absolute atomic E-state index is 12.7. The number of imidazole rings is 1. The number of aryl methyl sites for hydroxylation is 2. The van der Waals surface area contributed by atoms with Crippen molar-refractivity contribution in [3.05, 3.63) is 34.7 Å². The second kappa shape index (κ2) is 8.41. The van der Waals surface area contributed by atoms with Gasteiger partial charge in [-0.1, -0.05) is 32.9 Å². The Morgan fingerprint density at radius 1 is 1.15 bits per heavy atom. The zero-order chi connectivity index (χ0) is 20.2. The number of para-hydroxylation sites is 2. The van der Waals surface area contributed by atoms with E-state index in [-0.39, 0.29) is 36.9 Å². The van der Waals surface area contributed by atoms with E-state index in [1.807, 2.05) is 45.0 Å². The van der Waals surface area contributed by atoms with Gasteiger partial charge in [-0.2, -0.15) is 0 Å². The van der Waals surface area contributed by atoms with Gasteiger partial charge in [0.2, 0.25) is 5.91 Å². The number of amides is 1. The first kappa shape index (κ1) is 20.7. The van der Waals surface area contributed by atoms with Crippen LogP contribution in [0.5, 0.6) is 0 Å². The van der Waals surface area contributed by atoms with Crippen LogP contribution in [0.25, 0.3) is 11.0 Å². The van der Waals surface area contributed by atoms with Crippen molar-refractivity contribution in [1.82, 2.24) is 14.5 Å². The smallest absolute Gasteiger partial charge is 0.329 e. The highest BCUT2D eigenvalue weighted by Gasteiger charge is 2.32. The Labute approximate surface area is 159 Å². The summed E-state index contributed by atoms with van der Waals surface area (Å²) in [6.45, 7) is 8.40. The molecular weight excluding hydrogens is 346 g/mol. The molecule has 27 heavy (non-hydrogen) atoms. The van der Waals surface area contributed by atoms with E-state index in [0.717, 1.165) is 17.5 Å². The summed E-state index contributed by atoms with van der Waals surface area (Å²) in [6.07, 6.45) is 0.810. The Kier molecular flexibility index (Phi) is 6.46. The lowest BCUT2D eigenvalue weighted by Gasteiger charge is -2.33. The molecule has 1 aromatic carbocycles. The van der Waals surface area contributed by atoms with Gasteiger partial charge in [-0.15, -0.1) is 0 Å². The summed E-state index contributed by atoms with van der Waals surface area (Å²) in [4.78, 5) is 36.4. The number of benzene rings is 1. The van der Waals surface area contributed by atoms with Gasteiger partial charge in [-0.25, -0.2) is 4.79 Å². The number of carbonyl (C=O) groups is 2. The van der Waals surface area contributed by atoms with E-state index in [2.05, 4.69) is 5.32 Å². The molecule has 0 aliphatic rings. The van der Waals surface area contributed by atoms with Crippen LogP contribution in [-0.4, -0.2) is 31.7 Å². The van der Waals surface area contributed by atoms with Crippen LogP contribution in [0.4, 0.5) is 0 Å². The fourth-order valence-corrected chi connectivity index (χ4v) is 3.23. The predicted octanol–water partition coefficient (Wildman–Crippen LogP) is 2.61. The van der Waals surface area contributed by atoms with E-state index in [1.54, 1.807) is 16.1 Å². The van der Waals surface area contributed by atoms with Crippen molar-refractivity contribution in [3.63, 3.8) is 0 Å². The predicted molar refractivity (Wildman–Crippen MR) is 105 cm³/mol. The maximum Gasteiger partial charge on any atom is 0.329 e. The first-order chi connectivity index (χ1) is 12.7. The van der Waals surface area contributed by atoms with Gasteiger partial charge in [-0.3, -0.25) is 18.7 Å². The molecule has 2 N–H and O–H groups in total. The molecule has 1 aromatic heterocycles. The number of nitrogens with zero attached hydrogens (tertiary/aromatic N) is 2. The Hall–Kier alpha value is -2.57. The van der Waals surface area contributed by atoms with Crippen molar-refractivity contribution in [2.24, 2.45) is 5.92 Å². The van der Waals surface area contributed by atoms with Crippen LogP contribution in [0, 0.1) is 5.92 Å². The average molecular weight is 375 g/mol. The van der Waals surface area contributed by atoms with Gasteiger partial charge in [-0.05, 0) is 31.4 Å². The summed E-state index contributed by atoms with van der Waals surface area (Å²) in [7, 11) is 0. The standard InChI is InChI=1S/C20H29N3O4/c1-5-11-22-15-8-6-7-9-16(15)23(19(22)27)12-10-17(24)21-20(4,14(2)3)13-18(25)26/h6-9,14H,5,10-13H2,1-4H3,(H,21,24)(H,25,26).